The first-order chi connectivity index (χ1) is 11.3. The van der Waals surface area contributed by atoms with Gasteiger partial charge in [-0.15, -0.1) is 0 Å². The lowest BCUT2D eigenvalue weighted by molar-refractivity contribution is -0.125. The fraction of sp³-hybridized carbons (Fsp3) is 0.444. The van der Waals surface area contributed by atoms with Crippen molar-refractivity contribution in [3.05, 3.63) is 36.0 Å². The predicted molar refractivity (Wildman–Crippen MR) is 92.2 cm³/mol. The first kappa shape index (κ1) is 14.8. The number of carbonyl (C=O) groups excluding carboxylic acids is 1. The van der Waals surface area contributed by atoms with Crippen molar-refractivity contribution < 1.29 is 4.79 Å². The summed E-state index contributed by atoms with van der Waals surface area (Å²) in [7, 11) is 0. The summed E-state index contributed by atoms with van der Waals surface area (Å²) in [5.41, 5.74) is 3.28. The lowest BCUT2D eigenvalue weighted by Gasteiger charge is -2.12. The monoisotopic (exact) mass is 327 g/mol. The molecule has 0 unspecified atom stereocenters. The number of amides is 1. The number of hydrogen-bond acceptors (Lipinski definition) is 3. The fourth-order valence-electron chi connectivity index (χ4n) is 3.54. The third-order valence-corrected chi connectivity index (χ3v) is 5.74. The SMILES string of the molecule is O=C(NCc1c(-c2ccccc2)nc2n1CCS2)C1CCCC1. The molecule has 1 aromatic carbocycles. The Morgan fingerprint density at radius 1 is 1.26 bits per heavy atom. The first-order valence-electron chi connectivity index (χ1n) is 8.38. The molecule has 2 heterocycles. The summed E-state index contributed by atoms with van der Waals surface area (Å²) in [6, 6.07) is 10.3. The van der Waals surface area contributed by atoms with Crippen LogP contribution in [0.1, 0.15) is 31.4 Å². The quantitative estimate of drug-likeness (QED) is 0.935. The minimum Gasteiger partial charge on any atom is -0.350 e. The van der Waals surface area contributed by atoms with Gasteiger partial charge in [-0.25, -0.2) is 4.98 Å². The molecule has 0 spiro atoms. The smallest absolute Gasteiger partial charge is 0.223 e. The topological polar surface area (TPSA) is 46.9 Å². The molecule has 1 saturated carbocycles. The van der Waals surface area contributed by atoms with Crippen molar-refractivity contribution in [3.8, 4) is 11.3 Å². The van der Waals surface area contributed by atoms with Crippen LogP contribution in [0, 0.1) is 5.92 Å². The molecular weight excluding hydrogens is 306 g/mol. The molecule has 120 valence electrons. The highest BCUT2D eigenvalue weighted by atomic mass is 32.2. The Labute approximate surface area is 140 Å². The van der Waals surface area contributed by atoms with Gasteiger partial charge in [0, 0.05) is 23.8 Å². The zero-order valence-corrected chi connectivity index (χ0v) is 13.9. The van der Waals surface area contributed by atoms with Gasteiger partial charge in [0.25, 0.3) is 0 Å². The van der Waals surface area contributed by atoms with Crippen LogP contribution < -0.4 is 5.32 Å². The molecule has 0 bridgehead atoms. The van der Waals surface area contributed by atoms with Crippen LogP contribution in [0.5, 0.6) is 0 Å². The zero-order chi connectivity index (χ0) is 15.6. The number of fused-ring (bicyclic) bond motifs is 1. The Hall–Kier alpha value is -1.75. The first-order valence-corrected chi connectivity index (χ1v) is 9.37. The molecule has 2 aliphatic rings. The van der Waals surface area contributed by atoms with Gasteiger partial charge in [-0.05, 0) is 12.8 Å². The second-order valence-corrected chi connectivity index (χ2v) is 7.32. The molecule has 1 amide bonds. The van der Waals surface area contributed by atoms with E-state index >= 15 is 0 Å². The Morgan fingerprint density at radius 2 is 2.04 bits per heavy atom. The van der Waals surface area contributed by atoms with Gasteiger partial charge in [-0.2, -0.15) is 0 Å². The van der Waals surface area contributed by atoms with Crippen molar-refractivity contribution in [2.45, 2.75) is 43.9 Å². The second-order valence-electron chi connectivity index (χ2n) is 6.25. The molecule has 4 nitrogen and oxygen atoms in total. The molecule has 2 aromatic rings. The normalized spacial score (nSPS) is 17.4. The molecule has 4 rings (SSSR count). The molecule has 0 saturated heterocycles. The lowest BCUT2D eigenvalue weighted by Crippen LogP contribution is -2.29. The standard InChI is InChI=1S/C18H21N3OS/c22-17(14-8-4-5-9-14)19-12-15-16(13-6-2-1-3-7-13)20-18-21(15)10-11-23-18/h1-3,6-7,14H,4-5,8-12H2,(H,19,22). The van der Waals surface area contributed by atoms with Crippen LogP contribution in [0.25, 0.3) is 11.3 Å². The molecule has 5 heteroatoms. The van der Waals surface area contributed by atoms with Gasteiger partial charge in [0.05, 0.1) is 17.9 Å². The van der Waals surface area contributed by atoms with E-state index in [0.717, 1.165) is 47.2 Å². The molecule has 0 radical (unpaired) electrons. The number of thioether (sulfide) groups is 1. The molecule has 1 aliphatic heterocycles. The lowest BCUT2D eigenvalue weighted by atomic mass is 10.1. The Morgan fingerprint density at radius 3 is 2.83 bits per heavy atom. The van der Waals surface area contributed by atoms with E-state index < -0.39 is 0 Å². The zero-order valence-electron chi connectivity index (χ0n) is 13.1. The van der Waals surface area contributed by atoms with E-state index in [1.54, 1.807) is 11.8 Å². The molecular formula is C18H21N3OS. The van der Waals surface area contributed by atoms with Crippen LogP contribution in [0.2, 0.25) is 0 Å². The van der Waals surface area contributed by atoms with Crippen LogP contribution in [0.15, 0.2) is 35.5 Å². The van der Waals surface area contributed by atoms with E-state index in [-0.39, 0.29) is 11.8 Å². The molecule has 1 N–H and O–H groups in total. The third kappa shape index (κ3) is 2.90. The van der Waals surface area contributed by atoms with Crippen LogP contribution in [-0.2, 0) is 17.9 Å². The highest BCUT2D eigenvalue weighted by Gasteiger charge is 2.25. The minimum atomic E-state index is 0.211. The maximum atomic E-state index is 12.3. The average molecular weight is 327 g/mol. The number of rotatable bonds is 4. The average Bonchev–Trinajstić information content (AvgIpc) is 3.30. The largest absolute Gasteiger partial charge is 0.350 e. The van der Waals surface area contributed by atoms with Crippen LogP contribution >= 0.6 is 11.8 Å². The Balaban J connectivity index is 1.58. The summed E-state index contributed by atoms with van der Waals surface area (Å²) < 4.78 is 2.27. The van der Waals surface area contributed by atoms with E-state index in [1.165, 1.54) is 12.8 Å². The minimum absolute atomic E-state index is 0.211. The summed E-state index contributed by atoms with van der Waals surface area (Å²) in [5.74, 6) is 1.49. The van der Waals surface area contributed by atoms with Crippen LogP contribution in [0.3, 0.4) is 0 Å². The number of aromatic nitrogens is 2. The number of carbonyl (C=O) groups is 1. The van der Waals surface area contributed by atoms with Crippen LogP contribution in [0.4, 0.5) is 0 Å². The van der Waals surface area contributed by atoms with Gasteiger partial charge in [0.15, 0.2) is 5.16 Å². The van der Waals surface area contributed by atoms with Gasteiger partial charge in [-0.1, -0.05) is 54.9 Å². The number of benzene rings is 1. The maximum absolute atomic E-state index is 12.3. The van der Waals surface area contributed by atoms with Gasteiger partial charge in [0.2, 0.25) is 5.91 Å². The molecule has 1 fully saturated rings. The summed E-state index contributed by atoms with van der Waals surface area (Å²) in [4.78, 5) is 17.2. The van der Waals surface area contributed by atoms with Crippen LogP contribution in [-0.4, -0.2) is 21.2 Å². The Bertz CT molecular complexity index is 705. The third-order valence-electron chi connectivity index (χ3n) is 4.79. The van der Waals surface area contributed by atoms with E-state index in [4.69, 9.17) is 4.98 Å². The highest BCUT2D eigenvalue weighted by molar-refractivity contribution is 7.99. The van der Waals surface area contributed by atoms with Crippen molar-refractivity contribution in [1.29, 1.82) is 0 Å². The maximum Gasteiger partial charge on any atom is 0.223 e. The number of nitrogens with one attached hydrogen (secondary N) is 1. The summed E-state index contributed by atoms with van der Waals surface area (Å²) in [5, 5.41) is 4.24. The van der Waals surface area contributed by atoms with Gasteiger partial charge in [0.1, 0.15) is 0 Å². The number of hydrogen-bond donors (Lipinski definition) is 1. The van der Waals surface area contributed by atoms with E-state index in [2.05, 4.69) is 22.0 Å². The Kier molecular flexibility index (Phi) is 4.12. The molecule has 23 heavy (non-hydrogen) atoms. The summed E-state index contributed by atoms with van der Waals surface area (Å²) in [6.07, 6.45) is 4.45. The van der Waals surface area contributed by atoms with Crippen molar-refractivity contribution in [2.24, 2.45) is 5.92 Å². The number of imidazole rings is 1. The van der Waals surface area contributed by atoms with E-state index in [0.29, 0.717) is 6.54 Å². The van der Waals surface area contributed by atoms with E-state index in [9.17, 15) is 4.79 Å². The van der Waals surface area contributed by atoms with E-state index in [1.807, 2.05) is 18.2 Å². The van der Waals surface area contributed by atoms with Gasteiger partial charge in [-0.3, -0.25) is 4.79 Å². The van der Waals surface area contributed by atoms with Crippen molar-refractivity contribution in [2.75, 3.05) is 5.75 Å². The van der Waals surface area contributed by atoms with Crippen molar-refractivity contribution in [3.63, 3.8) is 0 Å². The van der Waals surface area contributed by atoms with Gasteiger partial charge < -0.3 is 9.88 Å². The molecule has 0 atom stereocenters. The molecule has 1 aromatic heterocycles. The summed E-state index contributed by atoms with van der Waals surface area (Å²) in [6.45, 7) is 1.56. The van der Waals surface area contributed by atoms with Gasteiger partial charge >= 0.3 is 0 Å². The molecule has 1 aliphatic carbocycles. The number of nitrogens with zero attached hydrogens (tertiary/aromatic N) is 2. The predicted octanol–water partition coefficient (Wildman–Crippen LogP) is 3.46. The van der Waals surface area contributed by atoms with Crippen molar-refractivity contribution in [1.82, 2.24) is 14.9 Å². The summed E-state index contributed by atoms with van der Waals surface area (Å²) >= 11 is 1.80. The highest BCUT2D eigenvalue weighted by Crippen LogP contribution is 2.33. The second kappa shape index (κ2) is 6.40. The fourth-order valence-corrected chi connectivity index (χ4v) is 4.51. The van der Waals surface area contributed by atoms with Crippen molar-refractivity contribution >= 4 is 17.7 Å².